The van der Waals surface area contributed by atoms with Gasteiger partial charge in [0.2, 0.25) is 0 Å². The van der Waals surface area contributed by atoms with Gasteiger partial charge in [0.05, 0.1) is 6.04 Å². The molecule has 0 fully saturated rings. The topological polar surface area (TPSA) is 41.1 Å². The average molecular weight is 298 g/mol. The highest BCUT2D eigenvalue weighted by Gasteiger charge is 2.24. The van der Waals surface area contributed by atoms with E-state index in [2.05, 4.69) is 41.0 Å². The zero-order valence-corrected chi connectivity index (χ0v) is 12.7. The van der Waals surface area contributed by atoms with Gasteiger partial charge in [0.25, 0.3) is 0 Å². The van der Waals surface area contributed by atoms with Crippen LogP contribution in [0, 0.1) is 0 Å². The van der Waals surface area contributed by atoms with Crippen LogP contribution in [0.3, 0.4) is 0 Å². The standard InChI is InChI=1S/C17H18N2OS/c1-2-18-17(20)19-16-13-8-4-3-7-12(13)11-21-15-10-6-5-9-14(15)16/h3-10,16H,2,11H2,1H3,(H2,18,19,20)/t16-/m1/s1. The second-order valence-corrected chi connectivity index (χ2v) is 5.98. The number of benzene rings is 2. The predicted molar refractivity (Wildman–Crippen MR) is 86.5 cm³/mol. The van der Waals surface area contributed by atoms with Gasteiger partial charge in [-0.3, -0.25) is 0 Å². The number of nitrogens with one attached hydrogen (secondary N) is 2. The van der Waals surface area contributed by atoms with Crippen molar-refractivity contribution in [2.24, 2.45) is 0 Å². The zero-order chi connectivity index (χ0) is 14.7. The lowest BCUT2D eigenvalue weighted by Crippen LogP contribution is -2.38. The molecule has 3 nitrogen and oxygen atoms in total. The smallest absolute Gasteiger partial charge is 0.315 e. The number of fused-ring (bicyclic) bond motifs is 2. The molecule has 1 heterocycles. The number of rotatable bonds is 2. The van der Waals surface area contributed by atoms with Gasteiger partial charge in [0, 0.05) is 17.2 Å². The second-order valence-electron chi connectivity index (χ2n) is 4.96. The highest BCUT2D eigenvalue weighted by Crippen LogP contribution is 2.39. The van der Waals surface area contributed by atoms with E-state index in [0.717, 1.165) is 5.75 Å². The van der Waals surface area contributed by atoms with Gasteiger partial charge in [0.15, 0.2) is 0 Å². The quantitative estimate of drug-likeness (QED) is 0.887. The minimum absolute atomic E-state index is 0.0982. The van der Waals surface area contributed by atoms with Gasteiger partial charge < -0.3 is 10.6 Å². The molecule has 2 amide bonds. The lowest BCUT2D eigenvalue weighted by atomic mass is 9.95. The van der Waals surface area contributed by atoms with E-state index in [0.29, 0.717) is 6.54 Å². The number of carbonyl (C=O) groups is 1. The van der Waals surface area contributed by atoms with Gasteiger partial charge in [0.1, 0.15) is 0 Å². The van der Waals surface area contributed by atoms with Gasteiger partial charge in [-0.2, -0.15) is 0 Å². The van der Waals surface area contributed by atoms with Crippen LogP contribution in [-0.2, 0) is 5.75 Å². The Bertz CT molecular complexity index is 609. The van der Waals surface area contributed by atoms with E-state index in [4.69, 9.17) is 0 Å². The van der Waals surface area contributed by atoms with Gasteiger partial charge in [-0.15, -0.1) is 11.8 Å². The Morgan fingerprint density at radius 1 is 1.14 bits per heavy atom. The number of thioether (sulfide) groups is 1. The van der Waals surface area contributed by atoms with Gasteiger partial charge in [-0.25, -0.2) is 4.79 Å². The zero-order valence-electron chi connectivity index (χ0n) is 11.9. The van der Waals surface area contributed by atoms with Crippen molar-refractivity contribution in [3.05, 3.63) is 65.2 Å². The molecule has 3 rings (SSSR count). The number of carbonyl (C=O) groups excluding carboxylic acids is 1. The summed E-state index contributed by atoms with van der Waals surface area (Å²) in [4.78, 5) is 13.2. The minimum atomic E-state index is -0.126. The highest BCUT2D eigenvalue weighted by molar-refractivity contribution is 7.98. The molecule has 0 spiro atoms. The molecule has 108 valence electrons. The highest BCUT2D eigenvalue weighted by atomic mass is 32.2. The molecule has 1 aliphatic heterocycles. The van der Waals surface area contributed by atoms with Crippen LogP contribution in [0.15, 0.2) is 53.4 Å². The Morgan fingerprint density at radius 2 is 1.86 bits per heavy atom. The molecule has 0 saturated heterocycles. The van der Waals surface area contributed by atoms with Crippen molar-refractivity contribution in [2.45, 2.75) is 23.6 Å². The summed E-state index contributed by atoms with van der Waals surface area (Å²) in [6, 6.07) is 16.4. The molecule has 0 aromatic heterocycles. The van der Waals surface area contributed by atoms with Crippen molar-refractivity contribution in [1.82, 2.24) is 10.6 Å². The van der Waals surface area contributed by atoms with Crippen LogP contribution in [0.4, 0.5) is 4.79 Å². The summed E-state index contributed by atoms with van der Waals surface area (Å²) in [5.41, 5.74) is 3.63. The van der Waals surface area contributed by atoms with E-state index < -0.39 is 0 Å². The molecule has 2 N–H and O–H groups in total. The summed E-state index contributed by atoms with van der Waals surface area (Å²) in [5.74, 6) is 0.931. The Balaban J connectivity index is 2.04. The van der Waals surface area contributed by atoms with Crippen molar-refractivity contribution in [3.63, 3.8) is 0 Å². The SMILES string of the molecule is CCNC(=O)N[C@@H]1c2ccccc2CSc2ccccc21. The van der Waals surface area contributed by atoms with Crippen molar-refractivity contribution < 1.29 is 4.79 Å². The molecule has 1 aliphatic rings. The molecule has 2 aromatic rings. The molecule has 21 heavy (non-hydrogen) atoms. The van der Waals surface area contributed by atoms with Crippen molar-refractivity contribution >= 4 is 17.8 Å². The van der Waals surface area contributed by atoms with Crippen molar-refractivity contribution in [1.29, 1.82) is 0 Å². The third-order valence-electron chi connectivity index (χ3n) is 3.59. The number of amides is 2. The predicted octanol–water partition coefficient (Wildman–Crippen LogP) is 3.70. The monoisotopic (exact) mass is 298 g/mol. The summed E-state index contributed by atoms with van der Waals surface area (Å²) in [6.07, 6.45) is 0. The first-order valence-electron chi connectivity index (χ1n) is 7.13. The summed E-state index contributed by atoms with van der Waals surface area (Å²) in [6.45, 7) is 2.54. The number of urea groups is 1. The molecule has 4 heteroatoms. The van der Waals surface area contributed by atoms with Crippen LogP contribution in [0.1, 0.15) is 29.7 Å². The summed E-state index contributed by atoms with van der Waals surface area (Å²) in [5, 5.41) is 5.93. The van der Waals surface area contributed by atoms with E-state index in [9.17, 15) is 4.79 Å². The lowest BCUT2D eigenvalue weighted by molar-refractivity contribution is 0.239. The minimum Gasteiger partial charge on any atom is -0.338 e. The maximum Gasteiger partial charge on any atom is 0.315 e. The summed E-state index contributed by atoms with van der Waals surface area (Å²) >= 11 is 1.82. The largest absolute Gasteiger partial charge is 0.338 e. The maximum absolute atomic E-state index is 12.0. The van der Waals surface area contributed by atoms with Crippen LogP contribution in [0.2, 0.25) is 0 Å². The van der Waals surface area contributed by atoms with Gasteiger partial charge >= 0.3 is 6.03 Å². The van der Waals surface area contributed by atoms with Crippen LogP contribution < -0.4 is 10.6 Å². The fourth-order valence-corrected chi connectivity index (χ4v) is 3.72. The summed E-state index contributed by atoms with van der Waals surface area (Å²) < 4.78 is 0. The van der Waals surface area contributed by atoms with Crippen LogP contribution in [0.5, 0.6) is 0 Å². The molecule has 0 aliphatic carbocycles. The Labute approximate surface area is 129 Å². The number of hydrogen-bond donors (Lipinski definition) is 2. The molecule has 2 aromatic carbocycles. The van der Waals surface area contributed by atoms with E-state index in [-0.39, 0.29) is 12.1 Å². The van der Waals surface area contributed by atoms with Gasteiger partial charge in [-0.05, 0) is 29.7 Å². The first-order chi connectivity index (χ1) is 10.3. The molecule has 0 bridgehead atoms. The third kappa shape index (κ3) is 2.90. The van der Waals surface area contributed by atoms with Crippen LogP contribution in [0.25, 0.3) is 0 Å². The molecule has 0 radical (unpaired) electrons. The summed E-state index contributed by atoms with van der Waals surface area (Å²) in [7, 11) is 0. The molecular formula is C17H18N2OS. The lowest BCUT2D eigenvalue weighted by Gasteiger charge is -2.21. The number of hydrogen-bond acceptors (Lipinski definition) is 2. The Hall–Kier alpha value is -1.94. The van der Waals surface area contributed by atoms with Crippen LogP contribution in [-0.4, -0.2) is 12.6 Å². The fourth-order valence-electron chi connectivity index (χ4n) is 2.62. The Kier molecular flexibility index (Phi) is 4.15. The molecular weight excluding hydrogens is 280 g/mol. The average Bonchev–Trinajstić information content (AvgIpc) is 2.66. The Morgan fingerprint density at radius 3 is 2.67 bits per heavy atom. The van der Waals surface area contributed by atoms with E-state index in [1.807, 2.05) is 36.9 Å². The van der Waals surface area contributed by atoms with E-state index in [1.165, 1.54) is 21.6 Å². The van der Waals surface area contributed by atoms with Crippen molar-refractivity contribution in [3.8, 4) is 0 Å². The third-order valence-corrected chi connectivity index (χ3v) is 4.73. The molecule has 1 atom stereocenters. The maximum atomic E-state index is 12.0. The molecule has 0 saturated carbocycles. The molecule has 0 unspecified atom stereocenters. The van der Waals surface area contributed by atoms with Crippen LogP contribution >= 0.6 is 11.8 Å². The first kappa shape index (κ1) is 14.0. The normalized spacial score (nSPS) is 16.3. The first-order valence-corrected chi connectivity index (χ1v) is 8.12. The van der Waals surface area contributed by atoms with E-state index in [1.54, 1.807) is 0 Å². The fraction of sp³-hybridized carbons (Fsp3) is 0.235. The van der Waals surface area contributed by atoms with E-state index >= 15 is 0 Å². The second kappa shape index (κ2) is 6.22. The van der Waals surface area contributed by atoms with Crippen molar-refractivity contribution in [2.75, 3.05) is 6.54 Å². The van der Waals surface area contributed by atoms with Gasteiger partial charge in [-0.1, -0.05) is 42.5 Å².